The number of piperazine rings is 1. The van der Waals surface area contributed by atoms with Crippen LogP contribution in [0.2, 0.25) is 0 Å². The van der Waals surface area contributed by atoms with E-state index in [4.69, 9.17) is 0 Å². The van der Waals surface area contributed by atoms with Crippen LogP contribution in [0.1, 0.15) is 11.6 Å². The number of carbonyl (C=O) groups is 1. The molecular weight excluding hydrogens is 442 g/mol. The molecule has 6 nitrogen and oxygen atoms in total. The van der Waals surface area contributed by atoms with Crippen LogP contribution in [0.15, 0.2) is 48.5 Å². The molecule has 1 atom stereocenters. The second kappa shape index (κ2) is 9.39. The van der Waals surface area contributed by atoms with Crippen LogP contribution in [0.5, 0.6) is 0 Å². The highest BCUT2D eigenvalue weighted by atomic mass is 19.4. The Morgan fingerprint density at radius 2 is 1.75 bits per heavy atom. The first-order valence-corrected chi connectivity index (χ1v) is 9.77. The van der Waals surface area contributed by atoms with Gasteiger partial charge in [0.25, 0.3) is 6.10 Å². The molecule has 176 valence electrons. The lowest BCUT2D eigenvalue weighted by Crippen LogP contribution is -2.53. The van der Waals surface area contributed by atoms with Crippen molar-refractivity contribution in [2.24, 2.45) is 0 Å². The van der Waals surface area contributed by atoms with Gasteiger partial charge >= 0.3 is 18.4 Å². The minimum Gasteiger partial charge on any atom is -0.426 e. The molecule has 1 fully saturated rings. The van der Waals surface area contributed by atoms with Crippen LogP contribution in [-0.2, 0) is 4.74 Å². The first-order valence-electron chi connectivity index (χ1n) is 9.77. The van der Waals surface area contributed by atoms with Crippen molar-refractivity contribution in [1.29, 1.82) is 0 Å². The van der Waals surface area contributed by atoms with Crippen molar-refractivity contribution in [2.45, 2.75) is 24.5 Å². The molecule has 0 radical (unpaired) electrons. The lowest BCUT2D eigenvalue weighted by molar-refractivity contribution is -0.308. The smallest absolute Gasteiger partial charge is 0.426 e. The molecule has 32 heavy (non-hydrogen) atoms. The zero-order valence-corrected chi connectivity index (χ0v) is 17.1. The molecule has 0 aromatic carbocycles. The molecule has 1 aromatic heterocycles. The third-order valence-electron chi connectivity index (χ3n) is 5.19. The SMILES string of the molecule is CN1C=CC=C(C(c2cccnc2)N2CCN(C(=O)OC(C(F)(F)F)C(F)(F)F)CC2)C1. The molecule has 3 heterocycles. The predicted molar refractivity (Wildman–Crippen MR) is 102 cm³/mol. The molecule has 2 aliphatic heterocycles. The maximum atomic E-state index is 12.7. The Hall–Kier alpha value is -2.76. The van der Waals surface area contributed by atoms with E-state index in [2.05, 4.69) is 9.72 Å². The molecule has 0 aliphatic carbocycles. The Morgan fingerprint density at radius 1 is 1.09 bits per heavy atom. The average Bonchev–Trinajstić information content (AvgIpc) is 2.72. The third-order valence-corrected chi connectivity index (χ3v) is 5.19. The standard InChI is InChI=1S/C20H22F6N4O2/c1-28-7-3-5-15(13-28)16(14-4-2-6-27-12-14)29-8-10-30(11-9-29)18(31)32-17(19(21,22)23)20(24,25)26/h2-7,12,16-17H,8-11,13H2,1H3. The maximum absolute atomic E-state index is 12.7. The number of nitrogens with zero attached hydrogens (tertiary/aromatic N) is 4. The number of allylic oxidation sites excluding steroid dienone is 2. The van der Waals surface area contributed by atoms with E-state index in [9.17, 15) is 31.1 Å². The van der Waals surface area contributed by atoms with E-state index in [1.807, 2.05) is 41.3 Å². The summed E-state index contributed by atoms with van der Waals surface area (Å²) in [6.07, 6.45) is -8.16. The van der Waals surface area contributed by atoms with Gasteiger partial charge in [-0.05, 0) is 29.5 Å². The van der Waals surface area contributed by atoms with Crippen molar-refractivity contribution >= 4 is 6.09 Å². The molecule has 0 spiro atoms. The van der Waals surface area contributed by atoms with Crippen molar-refractivity contribution < 1.29 is 35.9 Å². The van der Waals surface area contributed by atoms with Crippen molar-refractivity contribution in [3.05, 3.63) is 54.0 Å². The van der Waals surface area contributed by atoms with E-state index in [1.54, 1.807) is 18.5 Å². The van der Waals surface area contributed by atoms with E-state index < -0.39 is 24.5 Å². The second-order valence-corrected chi connectivity index (χ2v) is 7.56. The highest BCUT2D eigenvalue weighted by Gasteiger charge is 2.60. The number of hydrogen-bond acceptors (Lipinski definition) is 5. The number of halogens is 6. The number of ether oxygens (including phenoxy) is 1. The van der Waals surface area contributed by atoms with Crippen molar-refractivity contribution in [1.82, 2.24) is 19.7 Å². The van der Waals surface area contributed by atoms with Crippen LogP contribution in [0.3, 0.4) is 0 Å². The quantitative estimate of drug-likeness (QED) is 0.636. The first kappa shape index (κ1) is 23.9. The van der Waals surface area contributed by atoms with Gasteiger partial charge in [0.05, 0.1) is 6.04 Å². The number of carbonyl (C=O) groups excluding carboxylic acids is 1. The lowest BCUT2D eigenvalue weighted by Gasteiger charge is -2.41. The molecular formula is C20H22F6N4O2. The summed E-state index contributed by atoms with van der Waals surface area (Å²) in [7, 11) is 1.91. The van der Waals surface area contributed by atoms with Crippen molar-refractivity contribution in [2.75, 3.05) is 39.8 Å². The Labute approximate surface area is 180 Å². The largest absolute Gasteiger partial charge is 0.434 e. The van der Waals surface area contributed by atoms with Gasteiger partial charge in [-0.25, -0.2) is 4.79 Å². The van der Waals surface area contributed by atoms with Gasteiger partial charge in [-0.1, -0.05) is 12.1 Å². The zero-order chi connectivity index (χ0) is 23.5. The number of hydrogen-bond donors (Lipinski definition) is 0. The van der Waals surface area contributed by atoms with Gasteiger partial charge in [0.1, 0.15) is 0 Å². The minimum atomic E-state index is -5.74. The van der Waals surface area contributed by atoms with Gasteiger partial charge in [0.2, 0.25) is 0 Å². The van der Waals surface area contributed by atoms with E-state index in [-0.39, 0.29) is 32.2 Å². The van der Waals surface area contributed by atoms with Crippen LogP contribution < -0.4 is 0 Å². The molecule has 3 rings (SSSR count). The van der Waals surface area contributed by atoms with Gasteiger partial charge in [0.15, 0.2) is 0 Å². The first-order chi connectivity index (χ1) is 15.0. The topological polar surface area (TPSA) is 48.9 Å². The predicted octanol–water partition coefficient (Wildman–Crippen LogP) is 3.76. The monoisotopic (exact) mass is 464 g/mol. The fourth-order valence-corrected chi connectivity index (χ4v) is 3.74. The van der Waals surface area contributed by atoms with E-state index in [0.717, 1.165) is 16.0 Å². The van der Waals surface area contributed by atoms with Crippen LogP contribution in [0, 0.1) is 0 Å². The molecule has 12 heteroatoms. The number of pyridine rings is 1. The lowest BCUT2D eigenvalue weighted by atomic mass is 9.95. The molecule has 0 N–H and O–H groups in total. The molecule has 1 unspecified atom stereocenters. The number of rotatable bonds is 4. The summed E-state index contributed by atoms with van der Waals surface area (Å²) in [6, 6.07) is 3.48. The fraction of sp³-hybridized carbons (Fsp3) is 0.500. The summed E-state index contributed by atoms with van der Waals surface area (Å²) in [6.45, 7) is 0.968. The van der Waals surface area contributed by atoms with Gasteiger partial charge in [0, 0.05) is 52.2 Å². The Morgan fingerprint density at radius 3 is 2.28 bits per heavy atom. The molecule has 0 bridgehead atoms. The number of likely N-dealkylation sites (N-methyl/N-ethyl adjacent to an activating group) is 1. The third kappa shape index (κ3) is 5.72. The second-order valence-electron chi connectivity index (χ2n) is 7.56. The van der Waals surface area contributed by atoms with Gasteiger partial charge in [-0.2, -0.15) is 26.3 Å². The maximum Gasteiger partial charge on any atom is 0.434 e. The summed E-state index contributed by atoms with van der Waals surface area (Å²) >= 11 is 0. The Kier molecular flexibility index (Phi) is 7.01. The summed E-state index contributed by atoms with van der Waals surface area (Å²) in [5, 5.41) is 0. The highest BCUT2D eigenvalue weighted by Crippen LogP contribution is 2.36. The number of alkyl halides is 6. The normalized spacial score (nSPS) is 19.2. The molecule has 1 aromatic rings. The molecule has 1 saturated heterocycles. The van der Waals surface area contributed by atoms with Gasteiger partial charge < -0.3 is 14.5 Å². The summed E-state index contributed by atoms with van der Waals surface area (Å²) < 4.78 is 80.0. The Balaban J connectivity index is 1.70. The summed E-state index contributed by atoms with van der Waals surface area (Å²) in [5.74, 6) is 0. The minimum absolute atomic E-state index is 0.0724. The summed E-state index contributed by atoms with van der Waals surface area (Å²) in [4.78, 5) is 21.1. The van der Waals surface area contributed by atoms with Crippen molar-refractivity contribution in [3.63, 3.8) is 0 Å². The van der Waals surface area contributed by atoms with E-state index in [0.29, 0.717) is 6.54 Å². The summed E-state index contributed by atoms with van der Waals surface area (Å²) in [5.41, 5.74) is 1.95. The molecule has 1 amide bonds. The highest BCUT2D eigenvalue weighted by molar-refractivity contribution is 5.68. The van der Waals surface area contributed by atoms with Gasteiger partial charge in [-0.15, -0.1) is 0 Å². The molecule has 0 saturated carbocycles. The van der Waals surface area contributed by atoms with Crippen LogP contribution >= 0.6 is 0 Å². The van der Waals surface area contributed by atoms with E-state index in [1.165, 1.54) is 0 Å². The number of amides is 1. The van der Waals surface area contributed by atoms with Crippen LogP contribution in [0.4, 0.5) is 31.1 Å². The van der Waals surface area contributed by atoms with Crippen LogP contribution in [0.25, 0.3) is 0 Å². The van der Waals surface area contributed by atoms with Crippen molar-refractivity contribution in [3.8, 4) is 0 Å². The van der Waals surface area contributed by atoms with E-state index >= 15 is 0 Å². The van der Waals surface area contributed by atoms with Crippen LogP contribution in [-0.4, -0.2) is 84.0 Å². The van der Waals surface area contributed by atoms with Gasteiger partial charge in [-0.3, -0.25) is 9.88 Å². The fourth-order valence-electron chi connectivity index (χ4n) is 3.74. The average molecular weight is 464 g/mol. The Bertz CT molecular complexity index is 834. The number of aromatic nitrogens is 1. The zero-order valence-electron chi connectivity index (χ0n) is 17.1. The molecule has 2 aliphatic rings.